The van der Waals surface area contributed by atoms with Crippen molar-refractivity contribution in [1.29, 1.82) is 0 Å². The molecule has 1 rings (SSSR count). The van der Waals surface area contributed by atoms with E-state index < -0.39 is 0 Å². The highest BCUT2D eigenvalue weighted by molar-refractivity contribution is 5.91. The maximum atomic E-state index is 12.8. The van der Waals surface area contributed by atoms with Crippen molar-refractivity contribution < 1.29 is 23.7 Å². The molecule has 0 saturated heterocycles. The lowest BCUT2D eigenvalue weighted by Crippen LogP contribution is -2.09. The van der Waals surface area contributed by atoms with Crippen molar-refractivity contribution in [3.63, 3.8) is 0 Å². The van der Waals surface area contributed by atoms with Crippen LogP contribution >= 0.6 is 0 Å². The molecule has 0 amide bonds. The average molecular weight is 857 g/mol. The van der Waals surface area contributed by atoms with Gasteiger partial charge in [-0.05, 0) is 31.4 Å². The topological polar surface area (TPSA) is 54.0 Å². The van der Waals surface area contributed by atoms with Gasteiger partial charge >= 0.3 is 5.97 Å². The van der Waals surface area contributed by atoms with Crippen LogP contribution in [0, 0.1) is 0 Å². The van der Waals surface area contributed by atoms with E-state index in [2.05, 4.69) is 20.8 Å². The van der Waals surface area contributed by atoms with Crippen molar-refractivity contribution in [2.24, 2.45) is 0 Å². The number of rotatable bonds is 49. The van der Waals surface area contributed by atoms with Gasteiger partial charge in [-0.3, -0.25) is 0 Å². The van der Waals surface area contributed by atoms with Gasteiger partial charge < -0.3 is 18.9 Å². The summed E-state index contributed by atoms with van der Waals surface area (Å²) >= 11 is 0. The maximum Gasteiger partial charge on any atom is 0.338 e. The predicted molar refractivity (Wildman–Crippen MR) is 265 cm³/mol. The van der Waals surface area contributed by atoms with Crippen LogP contribution in [0.5, 0.6) is 17.2 Å². The molecule has 0 N–H and O–H groups in total. The molecule has 0 aromatic heterocycles. The fourth-order valence-electron chi connectivity index (χ4n) is 8.60. The van der Waals surface area contributed by atoms with Gasteiger partial charge in [-0.15, -0.1) is 0 Å². The molecule has 5 nitrogen and oxygen atoms in total. The number of esters is 1. The zero-order chi connectivity index (χ0) is 43.9. The van der Waals surface area contributed by atoms with Gasteiger partial charge in [0, 0.05) is 0 Å². The van der Waals surface area contributed by atoms with Crippen molar-refractivity contribution in [3.8, 4) is 17.2 Å². The van der Waals surface area contributed by atoms with E-state index in [0.29, 0.717) is 42.6 Å². The summed E-state index contributed by atoms with van der Waals surface area (Å²) in [5.74, 6) is 1.50. The van der Waals surface area contributed by atoms with Gasteiger partial charge in [0.15, 0.2) is 11.5 Å². The third-order valence-electron chi connectivity index (χ3n) is 12.7. The van der Waals surface area contributed by atoms with E-state index in [9.17, 15) is 4.79 Å². The first-order valence-electron chi connectivity index (χ1n) is 27.3. The third kappa shape index (κ3) is 36.2. The first-order chi connectivity index (χ1) is 30.2. The van der Waals surface area contributed by atoms with Crippen LogP contribution < -0.4 is 14.2 Å². The summed E-state index contributed by atoms with van der Waals surface area (Å²) < 4.78 is 24.5. The molecule has 0 atom stereocenters. The Bertz CT molecular complexity index is 1000. The Hall–Kier alpha value is -1.91. The van der Waals surface area contributed by atoms with Crippen molar-refractivity contribution in [3.05, 3.63) is 17.7 Å². The van der Waals surface area contributed by atoms with Gasteiger partial charge in [-0.1, -0.05) is 271 Å². The van der Waals surface area contributed by atoms with E-state index in [-0.39, 0.29) is 5.97 Å². The maximum absolute atomic E-state index is 12.8. The molecule has 5 heteroatoms. The van der Waals surface area contributed by atoms with E-state index in [4.69, 9.17) is 18.9 Å². The number of carbonyl (C=O) groups excluding carboxylic acids is 1. The number of carbonyl (C=O) groups is 1. The third-order valence-corrected chi connectivity index (χ3v) is 12.7. The smallest absolute Gasteiger partial charge is 0.338 e. The molecule has 0 aliphatic rings. The van der Waals surface area contributed by atoms with Crippen molar-refractivity contribution >= 4 is 5.97 Å². The SMILES string of the molecule is CCCCCCCCCCCCCCCCOc1cc(C(=O)OC)cc(OCCCCCCCCCCCCCCCC)c1OCCCCCCCCCCCCCCCC. The molecular formula is C56H104O5. The number of unbranched alkanes of at least 4 members (excludes halogenated alkanes) is 39. The summed E-state index contributed by atoms with van der Waals surface area (Å²) in [6.07, 6.45) is 55.9. The number of benzene rings is 1. The Morgan fingerprint density at radius 3 is 0.770 bits per heavy atom. The number of hydrogen-bond donors (Lipinski definition) is 0. The van der Waals surface area contributed by atoms with Gasteiger partial charge in [0.05, 0.1) is 32.5 Å². The van der Waals surface area contributed by atoms with Gasteiger partial charge in [0.2, 0.25) is 5.75 Å². The monoisotopic (exact) mass is 857 g/mol. The van der Waals surface area contributed by atoms with Crippen LogP contribution in [0.1, 0.15) is 301 Å². The van der Waals surface area contributed by atoms with Crippen LogP contribution in [0.3, 0.4) is 0 Å². The highest BCUT2D eigenvalue weighted by atomic mass is 16.5. The first kappa shape index (κ1) is 57.1. The Morgan fingerprint density at radius 2 is 0.541 bits per heavy atom. The normalized spacial score (nSPS) is 11.3. The van der Waals surface area contributed by atoms with Crippen molar-refractivity contribution in [1.82, 2.24) is 0 Å². The summed E-state index contributed by atoms with van der Waals surface area (Å²) in [5.41, 5.74) is 0.457. The molecular weight excluding hydrogens is 753 g/mol. The van der Waals surface area contributed by atoms with Gasteiger partial charge in [0.25, 0.3) is 0 Å². The van der Waals surface area contributed by atoms with E-state index in [1.807, 2.05) is 0 Å². The van der Waals surface area contributed by atoms with Crippen molar-refractivity contribution in [2.75, 3.05) is 26.9 Å². The molecule has 0 heterocycles. The molecule has 0 fully saturated rings. The Kier molecular flexibility index (Phi) is 43.2. The zero-order valence-electron chi connectivity index (χ0n) is 41.5. The second kappa shape index (κ2) is 46.1. The highest BCUT2D eigenvalue weighted by Gasteiger charge is 2.19. The molecule has 61 heavy (non-hydrogen) atoms. The molecule has 0 bridgehead atoms. The zero-order valence-corrected chi connectivity index (χ0v) is 41.5. The standard InChI is InChI=1S/C56H104O5/c1-5-8-11-14-17-20-23-26-29-32-35-38-41-44-47-59-53-50-52(56(57)58-4)51-54(60-48-45-42-39-36-33-30-27-24-21-18-15-12-9-6-2)55(53)61-49-46-43-40-37-34-31-28-25-22-19-16-13-10-7-3/h50-51H,5-49H2,1-4H3. The predicted octanol–water partition coefficient (Wildman–Crippen LogP) is 19.1. The highest BCUT2D eigenvalue weighted by Crippen LogP contribution is 2.40. The molecule has 0 saturated carbocycles. The molecule has 1 aromatic rings. The summed E-state index contributed by atoms with van der Waals surface area (Å²) in [7, 11) is 1.44. The summed E-state index contributed by atoms with van der Waals surface area (Å²) in [4.78, 5) is 12.8. The molecule has 0 aliphatic carbocycles. The van der Waals surface area contributed by atoms with Crippen LogP contribution in [0.15, 0.2) is 12.1 Å². The quantitative estimate of drug-likeness (QED) is 0.0483. The van der Waals surface area contributed by atoms with Gasteiger partial charge in [-0.2, -0.15) is 0 Å². The lowest BCUT2D eigenvalue weighted by Gasteiger charge is -2.18. The van der Waals surface area contributed by atoms with E-state index >= 15 is 0 Å². The van der Waals surface area contributed by atoms with Crippen LogP contribution in [-0.2, 0) is 4.74 Å². The minimum Gasteiger partial charge on any atom is -0.490 e. The molecule has 358 valence electrons. The fraction of sp³-hybridized carbons (Fsp3) is 0.875. The number of hydrogen-bond acceptors (Lipinski definition) is 5. The second-order valence-corrected chi connectivity index (χ2v) is 18.6. The minimum atomic E-state index is -0.374. The van der Waals surface area contributed by atoms with E-state index in [1.165, 1.54) is 245 Å². The molecule has 0 spiro atoms. The molecule has 0 aliphatic heterocycles. The van der Waals surface area contributed by atoms with Gasteiger partial charge in [0.1, 0.15) is 0 Å². The Morgan fingerprint density at radius 1 is 0.328 bits per heavy atom. The van der Waals surface area contributed by atoms with Gasteiger partial charge in [-0.25, -0.2) is 4.79 Å². The summed E-state index contributed by atoms with van der Waals surface area (Å²) in [6, 6.07) is 3.60. The summed E-state index contributed by atoms with van der Waals surface area (Å²) in [6.45, 7) is 8.71. The first-order valence-corrected chi connectivity index (χ1v) is 27.3. The average Bonchev–Trinajstić information content (AvgIpc) is 3.27. The van der Waals surface area contributed by atoms with Crippen LogP contribution in [0.4, 0.5) is 0 Å². The van der Waals surface area contributed by atoms with E-state index in [0.717, 1.165) is 32.1 Å². The number of ether oxygens (including phenoxy) is 4. The fourth-order valence-corrected chi connectivity index (χ4v) is 8.60. The minimum absolute atomic E-state index is 0.374. The van der Waals surface area contributed by atoms with Crippen molar-refractivity contribution in [2.45, 2.75) is 290 Å². The Labute approximate surface area is 380 Å². The Balaban J connectivity index is 2.55. The lowest BCUT2D eigenvalue weighted by atomic mass is 10.0. The van der Waals surface area contributed by atoms with E-state index in [1.54, 1.807) is 12.1 Å². The largest absolute Gasteiger partial charge is 0.490 e. The molecule has 0 radical (unpaired) electrons. The van der Waals surface area contributed by atoms with Crippen LogP contribution in [0.2, 0.25) is 0 Å². The summed E-state index contributed by atoms with van der Waals surface area (Å²) in [5, 5.41) is 0. The second-order valence-electron chi connectivity index (χ2n) is 18.6. The van der Waals surface area contributed by atoms with Crippen LogP contribution in [-0.4, -0.2) is 32.9 Å². The molecule has 1 aromatic carbocycles. The number of methoxy groups -OCH3 is 1. The molecule has 0 unspecified atom stereocenters. The lowest BCUT2D eigenvalue weighted by molar-refractivity contribution is 0.0599. The van der Waals surface area contributed by atoms with Crippen LogP contribution in [0.25, 0.3) is 0 Å².